The molecular weight excluding hydrogens is 234 g/mol. The first-order valence-corrected chi connectivity index (χ1v) is 10.3. The molecule has 0 spiro atoms. The number of aryl methyl sites for hydroxylation is 1. The SMILES string of the molecule is C[Si](C)(C)CCc1ccccc1-c1ccccn1. The van der Waals surface area contributed by atoms with E-state index in [0.717, 1.165) is 5.69 Å². The summed E-state index contributed by atoms with van der Waals surface area (Å²) >= 11 is 0. The van der Waals surface area contributed by atoms with Gasteiger partial charge in [0.1, 0.15) is 0 Å². The minimum absolute atomic E-state index is 0.984. The average Bonchev–Trinajstić information content (AvgIpc) is 2.37. The molecule has 94 valence electrons. The molecule has 18 heavy (non-hydrogen) atoms. The number of aromatic nitrogens is 1. The maximum atomic E-state index is 4.47. The number of benzene rings is 1. The molecule has 0 atom stereocenters. The van der Waals surface area contributed by atoms with Crippen LogP contribution in [0.4, 0.5) is 0 Å². The fourth-order valence-electron chi connectivity index (χ4n) is 2.02. The molecule has 1 aromatic heterocycles. The van der Waals surface area contributed by atoms with Gasteiger partial charge in [-0.15, -0.1) is 0 Å². The molecule has 0 N–H and O–H groups in total. The van der Waals surface area contributed by atoms with E-state index in [0.29, 0.717) is 0 Å². The third-order valence-corrected chi connectivity index (χ3v) is 4.85. The van der Waals surface area contributed by atoms with E-state index in [2.05, 4.69) is 61.0 Å². The van der Waals surface area contributed by atoms with Crippen molar-refractivity contribution in [1.82, 2.24) is 4.98 Å². The van der Waals surface area contributed by atoms with Crippen LogP contribution in [-0.4, -0.2) is 13.1 Å². The monoisotopic (exact) mass is 255 g/mol. The minimum atomic E-state index is -0.984. The molecule has 2 rings (SSSR count). The Labute approximate surface area is 111 Å². The second-order valence-corrected chi connectivity index (χ2v) is 11.6. The van der Waals surface area contributed by atoms with E-state index in [4.69, 9.17) is 0 Å². The van der Waals surface area contributed by atoms with Gasteiger partial charge in [-0.25, -0.2) is 0 Å². The van der Waals surface area contributed by atoms with Crippen LogP contribution in [0.2, 0.25) is 25.7 Å². The molecule has 0 amide bonds. The lowest BCUT2D eigenvalue weighted by Crippen LogP contribution is -2.20. The van der Waals surface area contributed by atoms with Crippen LogP contribution in [0.1, 0.15) is 5.56 Å². The molecule has 2 heteroatoms. The summed E-state index contributed by atoms with van der Waals surface area (Å²) in [4.78, 5) is 4.47. The molecule has 1 nitrogen and oxygen atoms in total. The average molecular weight is 255 g/mol. The van der Waals surface area contributed by atoms with Gasteiger partial charge in [0, 0.05) is 19.8 Å². The van der Waals surface area contributed by atoms with Gasteiger partial charge in [0.2, 0.25) is 0 Å². The van der Waals surface area contributed by atoms with E-state index in [1.165, 1.54) is 23.6 Å². The van der Waals surface area contributed by atoms with Gasteiger partial charge in [-0.3, -0.25) is 4.98 Å². The van der Waals surface area contributed by atoms with Crippen molar-refractivity contribution in [3.05, 3.63) is 54.2 Å². The third kappa shape index (κ3) is 3.54. The Morgan fingerprint density at radius 3 is 2.33 bits per heavy atom. The zero-order valence-corrected chi connectivity index (χ0v) is 12.5. The Hall–Kier alpha value is -1.41. The van der Waals surface area contributed by atoms with E-state index in [9.17, 15) is 0 Å². The highest BCUT2D eigenvalue weighted by Crippen LogP contribution is 2.24. The highest BCUT2D eigenvalue weighted by atomic mass is 28.3. The van der Waals surface area contributed by atoms with Crippen molar-refractivity contribution in [1.29, 1.82) is 0 Å². The Morgan fingerprint density at radius 2 is 1.67 bits per heavy atom. The van der Waals surface area contributed by atoms with Crippen LogP contribution in [0.3, 0.4) is 0 Å². The predicted octanol–water partition coefficient (Wildman–Crippen LogP) is 4.63. The molecule has 1 aromatic carbocycles. The van der Waals surface area contributed by atoms with Gasteiger partial charge in [-0.05, 0) is 24.1 Å². The summed E-state index contributed by atoms with van der Waals surface area (Å²) in [6, 6.07) is 16.1. The zero-order chi connectivity index (χ0) is 13.0. The van der Waals surface area contributed by atoms with Crippen molar-refractivity contribution in [2.45, 2.75) is 32.1 Å². The van der Waals surface area contributed by atoms with E-state index in [1.54, 1.807) is 0 Å². The van der Waals surface area contributed by atoms with Crippen LogP contribution >= 0.6 is 0 Å². The standard InChI is InChI=1S/C16H21NSi/c1-18(2,3)13-11-14-8-4-5-9-15(14)16-10-6-7-12-17-16/h4-10,12H,11,13H2,1-3H3. The molecule has 2 aromatic rings. The van der Waals surface area contributed by atoms with Gasteiger partial charge in [-0.1, -0.05) is 56.0 Å². The maximum Gasteiger partial charge on any atom is 0.0704 e. The van der Waals surface area contributed by atoms with Crippen molar-refractivity contribution in [3.8, 4) is 11.3 Å². The molecule has 0 aliphatic rings. The van der Waals surface area contributed by atoms with E-state index >= 15 is 0 Å². The minimum Gasteiger partial charge on any atom is -0.256 e. The third-order valence-electron chi connectivity index (χ3n) is 3.10. The highest BCUT2D eigenvalue weighted by Gasteiger charge is 2.14. The van der Waals surface area contributed by atoms with Crippen molar-refractivity contribution in [2.24, 2.45) is 0 Å². The number of nitrogens with zero attached hydrogens (tertiary/aromatic N) is 1. The molecule has 0 aliphatic carbocycles. The van der Waals surface area contributed by atoms with Crippen molar-refractivity contribution >= 4 is 8.07 Å². The van der Waals surface area contributed by atoms with Crippen LogP contribution in [0.15, 0.2) is 48.7 Å². The second kappa shape index (κ2) is 5.49. The molecule has 0 saturated carbocycles. The van der Waals surface area contributed by atoms with Gasteiger partial charge in [0.15, 0.2) is 0 Å². The molecule has 0 aliphatic heterocycles. The summed E-state index contributed by atoms with van der Waals surface area (Å²) in [5.41, 5.74) is 3.80. The molecule has 0 bridgehead atoms. The van der Waals surface area contributed by atoms with Crippen molar-refractivity contribution in [3.63, 3.8) is 0 Å². The Balaban J connectivity index is 2.27. The van der Waals surface area contributed by atoms with Gasteiger partial charge >= 0.3 is 0 Å². The van der Waals surface area contributed by atoms with E-state index in [-0.39, 0.29) is 0 Å². The van der Waals surface area contributed by atoms with Crippen molar-refractivity contribution < 1.29 is 0 Å². The highest BCUT2D eigenvalue weighted by molar-refractivity contribution is 6.76. The molecular formula is C16H21NSi. The Morgan fingerprint density at radius 1 is 0.944 bits per heavy atom. The van der Waals surface area contributed by atoms with Crippen LogP contribution in [0, 0.1) is 0 Å². The van der Waals surface area contributed by atoms with Crippen LogP contribution < -0.4 is 0 Å². The second-order valence-electron chi connectivity index (χ2n) is 5.93. The largest absolute Gasteiger partial charge is 0.256 e. The first-order chi connectivity index (χ1) is 8.56. The van der Waals surface area contributed by atoms with Crippen LogP contribution in [-0.2, 0) is 6.42 Å². The molecule has 0 fully saturated rings. The molecule has 0 saturated heterocycles. The van der Waals surface area contributed by atoms with Gasteiger partial charge in [-0.2, -0.15) is 0 Å². The van der Waals surface area contributed by atoms with Crippen LogP contribution in [0.25, 0.3) is 11.3 Å². The topological polar surface area (TPSA) is 12.9 Å². The molecule has 1 heterocycles. The first kappa shape index (κ1) is 13.0. The van der Waals surface area contributed by atoms with E-state index in [1.807, 2.05) is 12.3 Å². The number of hydrogen-bond acceptors (Lipinski definition) is 1. The normalized spacial score (nSPS) is 11.5. The Kier molecular flexibility index (Phi) is 3.97. The van der Waals surface area contributed by atoms with E-state index < -0.39 is 8.07 Å². The smallest absolute Gasteiger partial charge is 0.0704 e. The Bertz CT molecular complexity index is 500. The number of pyridine rings is 1. The fraction of sp³-hybridized carbons (Fsp3) is 0.312. The predicted molar refractivity (Wildman–Crippen MR) is 81.5 cm³/mol. The van der Waals surface area contributed by atoms with Gasteiger partial charge in [0.05, 0.1) is 5.69 Å². The lowest BCUT2D eigenvalue weighted by molar-refractivity contribution is 1.09. The quantitative estimate of drug-likeness (QED) is 0.726. The van der Waals surface area contributed by atoms with Gasteiger partial charge < -0.3 is 0 Å². The lowest BCUT2D eigenvalue weighted by atomic mass is 10.0. The fourth-order valence-corrected chi connectivity index (χ4v) is 3.04. The van der Waals surface area contributed by atoms with Crippen molar-refractivity contribution in [2.75, 3.05) is 0 Å². The molecule has 0 radical (unpaired) electrons. The van der Waals surface area contributed by atoms with Crippen LogP contribution in [0.5, 0.6) is 0 Å². The summed E-state index contributed by atoms with van der Waals surface area (Å²) in [5.74, 6) is 0. The summed E-state index contributed by atoms with van der Waals surface area (Å²) in [6.07, 6.45) is 3.03. The zero-order valence-electron chi connectivity index (χ0n) is 11.5. The summed E-state index contributed by atoms with van der Waals surface area (Å²) in [6.45, 7) is 7.28. The number of hydrogen-bond donors (Lipinski definition) is 0. The maximum absolute atomic E-state index is 4.47. The van der Waals surface area contributed by atoms with Gasteiger partial charge in [0.25, 0.3) is 0 Å². The lowest BCUT2D eigenvalue weighted by Gasteiger charge is -2.17. The first-order valence-electron chi connectivity index (χ1n) is 6.55. The summed E-state index contributed by atoms with van der Waals surface area (Å²) < 4.78 is 0. The molecule has 0 unspecified atom stereocenters. The summed E-state index contributed by atoms with van der Waals surface area (Å²) in [5, 5.41) is 0. The number of rotatable bonds is 4. The summed E-state index contributed by atoms with van der Waals surface area (Å²) in [7, 11) is -0.984.